The predicted octanol–water partition coefficient (Wildman–Crippen LogP) is 9.95. The van der Waals surface area contributed by atoms with Gasteiger partial charge in [0.25, 0.3) is 0 Å². The van der Waals surface area contributed by atoms with Crippen LogP contribution in [0.1, 0.15) is 107 Å². The normalized spacial score (nSPS) is 23.8. The Morgan fingerprint density at radius 1 is 0.700 bits per heavy atom. The van der Waals surface area contributed by atoms with E-state index in [1.165, 1.54) is 12.1 Å². The Morgan fingerprint density at radius 3 is 1.85 bits per heavy atom. The van der Waals surface area contributed by atoms with Crippen LogP contribution in [0, 0.1) is 35.0 Å². The number of hydrogen-bond acceptors (Lipinski definition) is 2. The van der Waals surface area contributed by atoms with E-state index < -0.39 is 53.1 Å². The van der Waals surface area contributed by atoms with Crippen molar-refractivity contribution in [2.75, 3.05) is 6.61 Å². The highest BCUT2D eigenvalue weighted by molar-refractivity contribution is 5.33. The molecule has 0 spiro atoms. The van der Waals surface area contributed by atoms with Gasteiger partial charge in [0.2, 0.25) is 0 Å². The molecule has 2 fully saturated rings. The number of unbranched alkanes of at least 4 members (excludes halogenated alkanes) is 3. The Balaban J connectivity index is 1.27. The minimum atomic E-state index is -3.40. The summed E-state index contributed by atoms with van der Waals surface area (Å²) >= 11 is 0. The van der Waals surface area contributed by atoms with Crippen LogP contribution < -0.4 is 4.74 Å². The van der Waals surface area contributed by atoms with E-state index in [2.05, 4.69) is 6.92 Å². The second kappa shape index (κ2) is 13.6. The van der Waals surface area contributed by atoms with Crippen LogP contribution in [0.5, 0.6) is 5.75 Å². The summed E-state index contributed by atoms with van der Waals surface area (Å²) in [5.41, 5.74) is 0.235. The summed E-state index contributed by atoms with van der Waals surface area (Å²) in [6.07, 6.45) is 1.69. The Hall–Kier alpha value is -2.29. The van der Waals surface area contributed by atoms with E-state index in [0.717, 1.165) is 37.8 Å². The van der Waals surface area contributed by atoms with E-state index >= 15 is 8.78 Å². The smallest absolute Gasteiger partial charge is 0.358 e. The number of hydrogen-bond donors (Lipinski definition) is 0. The molecule has 2 saturated carbocycles. The molecule has 0 saturated heterocycles. The summed E-state index contributed by atoms with van der Waals surface area (Å²) in [6, 6.07) is 4.26. The van der Waals surface area contributed by atoms with Crippen molar-refractivity contribution >= 4 is 0 Å². The molecule has 40 heavy (non-hydrogen) atoms. The second-order valence-electron chi connectivity index (χ2n) is 11.2. The standard InChI is InChI=1S/C31H37F7O2/c1-2-3-4-5-14-39-24-17-25(32)29(26(33)18-24)20-6-10-22(11-7-20)31(37,38)40-23-12-8-19(9-13-23)21-15-27(34)30(36)28(35)16-21/h15-20,22-23H,2-14H2,1H3. The van der Waals surface area contributed by atoms with E-state index in [1.807, 2.05) is 0 Å². The number of ether oxygens (including phenoxy) is 2. The summed E-state index contributed by atoms with van der Waals surface area (Å²) in [6.45, 7) is 2.47. The molecule has 2 aromatic carbocycles. The van der Waals surface area contributed by atoms with E-state index in [0.29, 0.717) is 25.0 Å². The summed E-state index contributed by atoms with van der Waals surface area (Å²) < 4.78 is 111. The molecular weight excluding hydrogens is 537 g/mol. The third-order valence-corrected chi connectivity index (χ3v) is 8.41. The van der Waals surface area contributed by atoms with Crippen molar-refractivity contribution in [1.82, 2.24) is 0 Å². The minimum Gasteiger partial charge on any atom is -0.493 e. The van der Waals surface area contributed by atoms with Crippen LogP contribution >= 0.6 is 0 Å². The number of halogens is 7. The molecule has 2 aliphatic rings. The number of rotatable bonds is 11. The molecule has 0 atom stereocenters. The molecular formula is C31H37F7O2. The first-order valence-corrected chi connectivity index (χ1v) is 14.4. The summed E-state index contributed by atoms with van der Waals surface area (Å²) in [5, 5.41) is 0. The summed E-state index contributed by atoms with van der Waals surface area (Å²) in [4.78, 5) is 0. The Kier molecular flexibility index (Phi) is 10.4. The maximum absolute atomic E-state index is 15.1. The van der Waals surface area contributed by atoms with Crippen LogP contribution in [-0.4, -0.2) is 18.8 Å². The van der Waals surface area contributed by atoms with Gasteiger partial charge in [0, 0.05) is 17.7 Å². The van der Waals surface area contributed by atoms with Crippen LogP contribution in [0.15, 0.2) is 24.3 Å². The van der Waals surface area contributed by atoms with Gasteiger partial charge < -0.3 is 9.47 Å². The molecule has 0 bridgehead atoms. The Bertz CT molecular complexity index is 1080. The van der Waals surface area contributed by atoms with Crippen LogP contribution in [0.2, 0.25) is 0 Å². The lowest BCUT2D eigenvalue weighted by molar-refractivity contribution is -0.300. The molecule has 222 valence electrons. The third-order valence-electron chi connectivity index (χ3n) is 8.41. The molecule has 0 aliphatic heterocycles. The molecule has 0 unspecified atom stereocenters. The highest BCUT2D eigenvalue weighted by Crippen LogP contribution is 2.46. The summed E-state index contributed by atoms with van der Waals surface area (Å²) in [5.74, 6) is -7.20. The number of alkyl halides is 2. The first kappa shape index (κ1) is 30.7. The third kappa shape index (κ3) is 7.51. The van der Waals surface area contributed by atoms with E-state index in [9.17, 15) is 22.0 Å². The first-order valence-electron chi connectivity index (χ1n) is 14.4. The van der Waals surface area contributed by atoms with Gasteiger partial charge in [-0.1, -0.05) is 26.2 Å². The van der Waals surface area contributed by atoms with E-state index in [-0.39, 0.29) is 55.8 Å². The maximum Gasteiger partial charge on any atom is 0.358 e. The second-order valence-corrected chi connectivity index (χ2v) is 11.2. The highest BCUT2D eigenvalue weighted by atomic mass is 19.3. The van der Waals surface area contributed by atoms with Gasteiger partial charge in [-0.2, -0.15) is 8.78 Å². The van der Waals surface area contributed by atoms with Crippen LogP contribution in [0.3, 0.4) is 0 Å². The zero-order chi connectivity index (χ0) is 28.9. The topological polar surface area (TPSA) is 18.5 Å². The van der Waals surface area contributed by atoms with Crippen molar-refractivity contribution < 1.29 is 40.2 Å². The SMILES string of the molecule is CCCCCCOc1cc(F)c(C2CCC(C(F)(F)OC3CCC(c4cc(F)c(F)c(F)c4)CC3)CC2)c(F)c1. The average molecular weight is 575 g/mol. The quantitative estimate of drug-likeness (QED) is 0.151. The van der Waals surface area contributed by atoms with Gasteiger partial charge in [-0.3, -0.25) is 0 Å². The fraction of sp³-hybridized carbons (Fsp3) is 0.613. The molecule has 0 amide bonds. The first-order chi connectivity index (χ1) is 19.1. The van der Waals surface area contributed by atoms with Gasteiger partial charge in [-0.25, -0.2) is 22.0 Å². The van der Waals surface area contributed by atoms with Gasteiger partial charge >= 0.3 is 6.11 Å². The van der Waals surface area contributed by atoms with E-state index in [4.69, 9.17) is 9.47 Å². The monoisotopic (exact) mass is 574 g/mol. The Morgan fingerprint density at radius 2 is 1.27 bits per heavy atom. The van der Waals surface area contributed by atoms with Crippen molar-refractivity contribution in [3.05, 3.63) is 64.5 Å². The van der Waals surface area contributed by atoms with Crippen LogP contribution in [0.4, 0.5) is 30.7 Å². The molecule has 2 nitrogen and oxygen atoms in total. The van der Waals surface area contributed by atoms with Gasteiger partial charge in [0.1, 0.15) is 17.4 Å². The zero-order valence-corrected chi connectivity index (χ0v) is 22.8. The minimum absolute atomic E-state index is 0.0652. The molecule has 0 radical (unpaired) electrons. The molecule has 0 aromatic heterocycles. The van der Waals surface area contributed by atoms with Gasteiger partial charge in [-0.15, -0.1) is 0 Å². The maximum atomic E-state index is 15.1. The van der Waals surface area contributed by atoms with Crippen molar-refractivity contribution in [2.45, 2.75) is 108 Å². The molecule has 4 rings (SSSR count). The fourth-order valence-electron chi connectivity index (χ4n) is 6.11. The lowest BCUT2D eigenvalue weighted by atomic mass is 9.77. The van der Waals surface area contributed by atoms with Crippen molar-refractivity contribution in [2.24, 2.45) is 5.92 Å². The lowest BCUT2D eigenvalue weighted by Crippen LogP contribution is -2.38. The van der Waals surface area contributed by atoms with Gasteiger partial charge in [0.05, 0.1) is 18.6 Å². The molecule has 0 N–H and O–H groups in total. The van der Waals surface area contributed by atoms with Crippen LogP contribution in [0.25, 0.3) is 0 Å². The lowest BCUT2D eigenvalue weighted by Gasteiger charge is -2.37. The number of benzene rings is 2. The van der Waals surface area contributed by atoms with Crippen molar-refractivity contribution in [3.8, 4) is 5.75 Å². The van der Waals surface area contributed by atoms with Gasteiger partial charge in [0.15, 0.2) is 17.5 Å². The summed E-state index contributed by atoms with van der Waals surface area (Å²) in [7, 11) is 0. The average Bonchev–Trinajstić information content (AvgIpc) is 2.91. The zero-order valence-electron chi connectivity index (χ0n) is 22.8. The molecule has 2 aliphatic carbocycles. The highest BCUT2D eigenvalue weighted by Gasteiger charge is 2.45. The molecule has 9 heteroatoms. The molecule has 0 heterocycles. The van der Waals surface area contributed by atoms with Crippen molar-refractivity contribution in [1.29, 1.82) is 0 Å². The molecule has 2 aromatic rings. The van der Waals surface area contributed by atoms with Gasteiger partial charge in [-0.05, 0) is 87.3 Å². The predicted molar refractivity (Wildman–Crippen MR) is 138 cm³/mol. The largest absolute Gasteiger partial charge is 0.493 e. The van der Waals surface area contributed by atoms with Crippen LogP contribution in [-0.2, 0) is 4.74 Å². The van der Waals surface area contributed by atoms with E-state index in [1.54, 1.807) is 0 Å². The fourth-order valence-corrected chi connectivity index (χ4v) is 6.11. The van der Waals surface area contributed by atoms with Crippen molar-refractivity contribution in [3.63, 3.8) is 0 Å². The Labute approximate surface area is 231 Å².